The van der Waals surface area contributed by atoms with E-state index in [0.717, 1.165) is 14.7 Å². The third-order valence-corrected chi connectivity index (χ3v) is 4.91. The fourth-order valence-corrected chi connectivity index (χ4v) is 3.58. The van der Waals surface area contributed by atoms with Crippen LogP contribution in [0.15, 0.2) is 28.7 Å². The number of halogens is 3. The molecule has 0 amide bonds. The number of nitrogens with zero attached hydrogens (tertiary/aromatic N) is 1. The van der Waals surface area contributed by atoms with Crippen LogP contribution in [0.2, 0.25) is 4.34 Å². The van der Waals surface area contributed by atoms with Crippen LogP contribution < -0.4 is 0 Å². The van der Waals surface area contributed by atoms with Gasteiger partial charge in [0, 0.05) is 10.9 Å². The Kier molecular flexibility index (Phi) is 3.51. The number of aromatic amines is 1. The number of H-pyrrole nitrogens is 1. The lowest BCUT2D eigenvalue weighted by molar-refractivity contribution is 0.622. The van der Waals surface area contributed by atoms with Gasteiger partial charge in [-0.3, -0.25) is 0 Å². The number of benzene rings is 1. The van der Waals surface area contributed by atoms with Crippen molar-refractivity contribution >= 4 is 62.1 Å². The molecule has 3 aromatic rings. The number of nitrogens with one attached hydrogen (secondary N) is 1. The zero-order valence-corrected chi connectivity index (χ0v) is 13.4. The topological polar surface area (TPSA) is 20.7 Å². The molecule has 0 bridgehead atoms. The third-order valence-electron chi connectivity index (χ3n) is 2.76. The monoisotopic (exact) mass is 376 g/mol. The van der Waals surface area contributed by atoms with Gasteiger partial charge in [0.1, 0.15) is 5.82 Å². The highest BCUT2D eigenvalue weighted by molar-refractivity contribution is 9.10. The lowest BCUT2D eigenvalue weighted by atomic mass is 10.3. The second-order valence-electron chi connectivity index (χ2n) is 4.01. The van der Waals surface area contributed by atoms with Gasteiger partial charge in [0.25, 0.3) is 0 Å². The fourth-order valence-electron chi connectivity index (χ4n) is 1.90. The first kappa shape index (κ1) is 13.3. The molecule has 0 unspecified atom stereocenters. The van der Waals surface area contributed by atoms with Crippen molar-refractivity contribution in [3.8, 4) is 0 Å². The van der Waals surface area contributed by atoms with Crippen LogP contribution in [0, 0.1) is 10.6 Å². The lowest BCUT2D eigenvalue weighted by Gasteiger charge is -2.03. The summed E-state index contributed by atoms with van der Waals surface area (Å²) in [5.41, 5.74) is 1.55. The van der Waals surface area contributed by atoms with E-state index < -0.39 is 0 Å². The first-order valence-electron chi connectivity index (χ1n) is 5.36. The first-order valence-corrected chi connectivity index (χ1v) is 7.76. The maximum Gasteiger partial charge on any atom is 0.178 e. The number of aromatic nitrogens is 2. The summed E-state index contributed by atoms with van der Waals surface area (Å²) >= 11 is 15.9. The molecule has 0 aliphatic carbocycles. The molecular weight excluding hydrogens is 371 g/mol. The second kappa shape index (κ2) is 5.01. The molecule has 0 spiro atoms. The van der Waals surface area contributed by atoms with Crippen molar-refractivity contribution in [1.29, 1.82) is 0 Å². The van der Waals surface area contributed by atoms with Gasteiger partial charge < -0.3 is 9.55 Å². The maximum atomic E-state index is 13.5. The van der Waals surface area contributed by atoms with E-state index in [1.54, 1.807) is 6.07 Å². The van der Waals surface area contributed by atoms with Crippen molar-refractivity contribution in [2.24, 2.45) is 0 Å². The van der Waals surface area contributed by atoms with Crippen LogP contribution in [0.5, 0.6) is 0 Å². The molecule has 0 saturated heterocycles. The number of fused-ring (bicyclic) bond motifs is 1. The summed E-state index contributed by atoms with van der Waals surface area (Å²) in [6, 6.07) is 6.99. The van der Waals surface area contributed by atoms with Crippen LogP contribution in [-0.2, 0) is 6.54 Å². The van der Waals surface area contributed by atoms with Gasteiger partial charge in [0.15, 0.2) is 4.77 Å². The van der Waals surface area contributed by atoms with Gasteiger partial charge >= 0.3 is 0 Å². The second-order valence-corrected chi connectivity index (χ2v) is 7.05. The van der Waals surface area contributed by atoms with Gasteiger partial charge in [-0.25, -0.2) is 4.39 Å². The van der Waals surface area contributed by atoms with Gasteiger partial charge in [0.05, 0.1) is 26.4 Å². The molecule has 19 heavy (non-hydrogen) atoms. The van der Waals surface area contributed by atoms with Crippen molar-refractivity contribution in [2.75, 3.05) is 0 Å². The van der Waals surface area contributed by atoms with Crippen molar-refractivity contribution in [3.63, 3.8) is 0 Å². The van der Waals surface area contributed by atoms with Crippen LogP contribution in [0.3, 0.4) is 0 Å². The zero-order valence-electron chi connectivity index (χ0n) is 9.41. The molecule has 0 fully saturated rings. The van der Waals surface area contributed by atoms with Crippen molar-refractivity contribution in [3.05, 3.63) is 48.5 Å². The van der Waals surface area contributed by atoms with E-state index in [1.807, 2.05) is 16.7 Å². The zero-order chi connectivity index (χ0) is 13.6. The van der Waals surface area contributed by atoms with E-state index in [4.69, 9.17) is 23.8 Å². The summed E-state index contributed by atoms with van der Waals surface area (Å²) in [7, 11) is 0. The minimum atomic E-state index is -0.310. The highest BCUT2D eigenvalue weighted by Crippen LogP contribution is 2.26. The number of thiophene rings is 1. The average molecular weight is 378 g/mol. The summed E-state index contributed by atoms with van der Waals surface area (Å²) < 4.78 is 17.2. The number of rotatable bonds is 2. The molecule has 2 nitrogen and oxygen atoms in total. The third kappa shape index (κ3) is 2.50. The number of hydrogen-bond donors (Lipinski definition) is 1. The largest absolute Gasteiger partial charge is 0.330 e. The number of hydrogen-bond acceptors (Lipinski definition) is 2. The van der Waals surface area contributed by atoms with Gasteiger partial charge in [0.2, 0.25) is 0 Å². The molecular formula is C12H7BrClFN2S2. The minimum absolute atomic E-state index is 0.310. The Balaban J connectivity index is 2.15. The smallest absolute Gasteiger partial charge is 0.178 e. The van der Waals surface area contributed by atoms with Crippen LogP contribution in [0.4, 0.5) is 4.39 Å². The van der Waals surface area contributed by atoms with Gasteiger partial charge in [-0.1, -0.05) is 11.6 Å². The molecule has 0 atom stereocenters. The Morgan fingerprint density at radius 1 is 1.42 bits per heavy atom. The van der Waals surface area contributed by atoms with Crippen LogP contribution in [0.1, 0.15) is 4.88 Å². The standard InChI is InChI=1S/C12H7BrClFN2S2/c13-7-3-10-9(4-8(7)15)16-12(18)17(10)5-6-1-2-11(14)19-6/h1-4H,5H2,(H,16,18). The molecule has 2 heterocycles. The molecule has 98 valence electrons. The van der Waals surface area contributed by atoms with Gasteiger partial charge in [-0.05, 0) is 46.3 Å². The number of imidazole rings is 1. The summed E-state index contributed by atoms with van der Waals surface area (Å²) in [6.07, 6.45) is 0. The van der Waals surface area contributed by atoms with Crippen LogP contribution in [-0.4, -0.2) is 9.55 Å². The molecule has 1 N–H and O–H groups in total. The molecule has 0 aliphatic heterocycles. The summed E-state index contributed by atoms with van der Waals surface area (Å²) in [6.45, 7) is 0.619. The van der Waals surface area contributed by atoms with Crippen molar-refractivity contribution in [1.82, 2.24) is 9.55 Å². The van der Waals surface area contributed by atoms with Crippen molar-refractivity contribution < 1.29 is 4.39 Å². The normalized spacial score (nSPS) is 11.3. The van der Waals surface area contributed by atoms with Gasteiger partial charge in [-0.2, -0.15) is 0 Å². The van der Waals surface area contributed by atoms with E-state index in [0.29, 0.717) is 21.3 Å². The molecule has 0 radical (unpaired) electrons. The summed E-state index contributed by atoms with van der Waals surface area (Å²) in [4.78, 5) is 4.11. The SMILES string of the molecule is Fc1cc2[nH]c(=S)n(Cc3ccc(Cl)s3)c2cc1Br. The van der Waals surface area contributed by atoms with Gasteiger partial charge in [-0.15, -0.1) is 11.3 Å². The van der Waals surface area contributed by atoms with E-state index in [9.17, 15) is 4.39 Å². The first-order chi connectivity index (χ1) is 9.04. The highest BCUT2D eigenvalue weighted by atomic mass is 79.9. The Bertz CT molecular complexity index is 821. The quantitative estimate of drug-likeness (QED) is 0.596. The van der Waals surface area contributed by atoms with Crippen LogP contribution in [0.25, 0.3) is 11.0 Å². The van der Waals surface area contributed by atoms with Crippen molar-refractivity contribution in [2.45, 2.75) is 6.54 Å². The highest BCUT2D eigenvalue weighted by Gasteiger charge is 2.10. The van der Waals surface area contributed by atoms with E-state index >= 15 is 0 Å². The minimum Gasteiger partial charge on any atom is -0.330 e. The van der Waals surface area contributed by atoms with Crippen LogP contribution >= 0.6 is 51.1 Å². The predicted octanol–water partition coefficient (Wildman–Crippen LogP) is 5.36. The Morgan fingerprint density at radius 2 is 2.21 bits per heavy atom. The molecule has 3 rings (SSSR count). The lowest BCUT2D eigenvalue weighted by Crippen LogP contribution is -1.97. The molecule has 2 aromatic heterocycles. The predicted molar refractivity (Wildman–Crippen MR) is 83.2 cm³/mol. The summed E-state index contributed by atoms with van der Waals surface area (Å²) in [5, 5.41) is 0. The Labute approximate surface area is 131 Å². The molecule has 7 heteroatoms. The average Bonchev–Trinajstić information content (AvgIpc) is 2.87. The van der Waals surface area contributed by atoms with E-state index in [2.05, 4.69) is 20.9 Å². The maximum absolute atomic E-state index is 13.5. The molecule has 0 saturated carbocycles. The fraction of sp³-hybridized carbons (Fsp3) is 0.0833. The Morgan fingerprint density at radius 3 is 2.89 bits per heavy atom. The molecule has 1 aromatic carbocycles. The summed E-state index contributed by atoms with van der Waals surface area (Å²) in [5.74, 6) is -0.310. The molecule has 0 aliphatic rings. The van der Waals surface area contributed by atoms with E-state index in [1.165, 1.54) is 17.4 Å². The van der Waals surface area contributed by atoms with E-state index in [-0.39, 0.29) is 5.82 Å². The Hall–Kier alpha value is -0.690.